The SMILES string of the molecule is c1ccc(-c2nc(-c3ccc(-c4ccc5c(ccc6ccc7sc8ccccc8c7c65)c4)cc3)nc(-c3ccc(C4(c5ccccc5)c5ccccc5-c5ccccc54)cc3)n2)cc1. The molecule has 0 saturated heterocycles. The number of hydrogen-bond acceptors (Lipinski definition) is 4. The minimum absolute atomic E-state index is 0.474. The quantitative estimate of drug-likeness (QED) is 0.157. The number of benzene rings is 10. The molecule has 3 nitrogen and oxygen atoms in total. The Morgan fingerprint density at radius 1 is 0.312 bits per heavy atom. The van der Waals surface area contributed by atoms with Crippen LogP contribution in [0.4, 0.5) is 0 Å². The average molecular weight is 832 g/mol. The third kappa shape index (κ3) is 5.63. The molecule has 12 aromatic rings. The molecule has 0 unspecified atom stereocenters. The van der Waals surface area contributed by atoms with Crippen LogP contribution in [0.25, 0.3) is 98.1 Å². The zero-order valence-corrected chi connectivity index (χ0v) is 35.4. The van der Waals surface area contributed by atoms with Gasteiger partial charge in [0.25, 0.3) is 0 Å². The summed E-state index contributed by atoms with van der Waals surface area (Å²) in [7, 11) is 0. The molecule has 1 aliphatic carbocycles. The van der Waals surface area contributed by atoms with Gasteiger partial charge in [-0.2, -0.15) is 0 Å². The molecule has 0 atom stereocenters. The lowest BCUT2D eigenvalue weighted by atomic mass is 9.67. The molecule has 0 N–H and O–H groups in total. The molecule has 13 rings (SSSR count). The molecule has 0 bridgehead atoms. The molecule has 4 heteroatoms. The highest BCUT2D eigenvalue weighted by atomic mass is 32.1. The van der Waals surface area contributed by atoms with E-state index in [9.17, 15) is 0 Å². The van der Waals surface area contributed by atoms with Gasteiger partial charge in [0.1, 0.15) is 0 Å². The van der Waals surface area contributed by atoms with Gasteiger partial charge < -0.3 is 0 Å². The number of nitrogens with zero attached hydrogens (tertiary/aromatic N) is 3. The summed E-state index contributed by atoms with van der Waals surface area (Å²) in [5, 5.41) is 7.78. The summed E-state index contributed by atoms with van der Waals surface area (Å²) in [6.07, 6.45) is 0. The van der Waals surface area contributed by atoms with Crippen LogP contribution in [0.2, 0.25) is 0 Å². The number of hydrogen-bond donors (Lipinski definition) is 0. The fourth-order valence-corrected chi connectivity index (χ4v) is 11.4. The Kier molecular flexibility index (Phi) is 8.30. The molecule has 2 heterocycles. The van der Waals surface area contributed by atoms with Crippen LogP contribution in [0.5, 0.6) is 0 Å². The van der Waals surface area contributed by atoms with Gasteiger partial charge in [0, 0.05) is 36.9 Å². The van der Waals surface area contributed by atoms with Gasteiger partial charge in [0.05, 0.1) is 5.41 Å². The molecule has 1 aliphatic rings. The van der Waals surface area contributed by atoms with Gasteiger partial charge in [-0.05, 0) is 84.3 Å². The first-order chi connectivity index (χ1) is 31.7. The molecule has 298 valence electrons. The molecule has 0 aliphatic heterocycles. The Morgan fingerprint density at radius 2 is 0.812 bits per heavy atom. The predicted octanol–water partition coefficient (Wildman–Crippen LogP) is 15.6. The zero-order chi connectivity index (χ0) is 42.2. The first-order valence-corrected chi connectivity index (χ1v) is 22.6. The Bertz CT molecular complexity index is 3720. The lowest BCUT2D eigenvalue weighted by molar-refractivity contribution is 0.768. The monoisotopic (exact) mass is 831 g/mol. The Hall–Kier alpha value is -8.05. The molecule has 10 aromatic carbocycles. The third-order valence-electron chi connectivity index (χ3n) is 13.2. The molecule has 0 fully saturated rings. The summed E-state index contributed by atoms with van der Waals surface area (Å²) in [6.45, 7) is 0. The van der Waals surface area contributed by atoms with Crippen LogP contribution in [-0.4, -0.2) is 15.0 Å². The largest absolute Gasteiger partial charge is 0.208 e. The Morgan fingerprint density at radius 3 is 1.50 bits per heavy atom. The normalized spacial score (nSPS) is 12.8. The second-order valence-corrected chi connectivity index (χ2v) is 17.8. The minimum atomic E-state index is -0.474. The van der Waals surface area contributed by atoms with E-state index in [-0.39, 0.29) is 0 Å². The topological polar surface area (TPSA) is 38.7 Å². The van der Waals surface area contributed by atoms with Crippen LogP contribution in [0, 0.1) is 0 Å². The molecular weight excluding hydrogens is 795 g/mol. The van der Waals surface area contributed by atoms with E-state index in [1.165, 1.54) is 80.7 Å². The number of thiophene rings is 1. The van der Waals surface area contributed by atoms with E-state index < -0.39 is 5.41 Å². The summed E-state index contributed by atoms with van der Waals surface area (Å²) in [5.41, 5.74) is 12.2. The maximum absolute atomic E-state index is 5.17. The summed E-state index contributed by atoms with van der Waals surface area (Å²) in [4.78, 5) is 15.3. The second-order valence-electron chi connectivity index (χ2n) is 16.7. The summed E-state index contributed by atoms with van der Waals surface area (Å²) in [6, 6.07) is 81.0. The Labute approximate surface area is 374 Å². The maximum atomic E-state index is 5.17. The van der Waals surface area contributed by atoms with Crippen LogP contribution >= 0.6 is 11.3 Å². The third-order valence-corrected chi connectivity index (χ3v) is 14.4. The van der Waals surface area contributed by atoms with Gasteiger partial charge in [-0.1, -0.05) is 206 Å². The van der Waals surface area contributed by atoms with E-state index in [0.717, 1.165) is 22.3 Å². The second kappa shape index (κ2) is 14.5. The lowest BCUT2D eigenvalue weighted by Crippen LogP contribution is -2.28. The van der Waals surface area contributed by atoms with Crippen molar-refractivity contribution in [3.8, 4) is 56.4 Å². The van der Waals surface area contributed by atoms with E-state index in [4.69, 9.17) is 15.0 Å². The number of rotatable bonds is 6. The molecule has 0 spiro atoms. The van der Waals surface area contributed by atoms with Crippen molar-refractivity contribution in [3.63, 3.8) is 0 Å². The van der Waals surface area contributed by atoms with Gasteiger partial charge >= 0.3 is 0 Å². The van der Waals surface area contributed by atoms with Crippen molar-refractivity contribution in [2.45, 2.75) is 5.41 Å². The highest BCUT2D eigenvalue weighted by molar-refractivity contribution is 7.26. The van der Waals surface area contributed by atoms with Crippen LogP contribution < -0.4 is 0 Å². The van der Waals surface area contributed by atoms with Crippen LogP contribution in [-0.2, 0) is 5.41 Å². The van der Waals surface area contributed by atoms with Crippen molar-refractivity contribution < 1.29 is 0 Å². The zero-order valence-electron chi connectivity index (χ0n) is 34.6. The van der Waals surface area contributed by atoms with E-state index in [1.807, 2.05) is 29.5 Å². The van der Waals surface area contributed by atoms with Crippen molar-refractivity contribution in [1.29, 1.82) is 0 Å². The molecule has 0 saturated carbocycles. The van der Waals surface area contributed by atoms with Gasteiger partial charge in [0.2, 0.25) is 0 Å². The highest BCUT2D eigenvalue weighted by Gasteiger charge is 2.45. The molecule has 64 heavy (non-hydrogen) atoms. The van der Waals surface area contributed by atoms with E-state index >= 15 is 0 Å². The average Bonchev–Trinajstić information content (AvgIpc) is 3.91. The van der Waals surface area contributed by atoms with Crippen molar-refractivity contribution in [2.24, 2.45) is 0 Å². The number of fused-ring (bicyclic) bond motifs is 10. The molecule has 0 radical (unpaired) electrons. The van der Waals surface area contributed by atoms with Gasteiger partial charge in [0.15, 0.2) is 17.5 Å². The van der Waals surface area contributed by atoms with E-state index in [1.54, 1.807) is 0 Å². The van der Waals surface area contributed by atoms with Crippen molar-refractivity contribution >= 4 is 53.1 Å². The van der Waals surface area contributed by atoms with Gasteiger partial charge in [-0.25, -0.2) is 15.0 Å². The van der Waals surface area contributed by atoms with Crippen molar-refractivity contribution in [2.75, 3.05) is 0 Å². The van der Waals surface area contributed by atoms with E-state index in [0.29, 0.717) is 17.5 Å². The fourth-order valence-electron chi connectivity index (χ4n) is 10.3. The summed E-state index contributed by atoms with van der Waals surface area (Å²) in [5.74, 6) is 1.91. The van der Waals surface area contributed by atoms with Crippen molar-refractivity contribution in [1.82, 2.24) is 15.0 Å². The van der Waals surface area contributed by atoms with Crippen molar-refractivity contribution in [3.05, 3.63) is 247 Å². The van der Waals surface area contributed by atoms with Gasteiger partial charge in [-0.15, -0.1) is 11.3 Å². The first kappa shape index (κ1) is 36.6. The van der Waals surface area contributed by atoms with Crippen LogP contribution in [0.15, 0.2) is 224 Å². The summed E-state index contributed by atoms with van der Waals surface area (Å²) < 4.78 is 2.65. The first-order valence-electron chi connectivity index (χ1n) is 21.8. The predicted molar refractivity (Wildman–Crippen MR) is 267 cm³/mol. The number of aromatic nitrogens is 3. The standard InChI is InChI=1S/C60H37N3S/c1-3-13-40(14-4-1)57-61-58(41-26-23-38(24-27-41)43-31-35-47-44(37-43)28-25-39-32-36-54-56(55(39)47)50-19-9-12-22-53(50)64-54)63-59(62-57)42-29-33-46(34-30-42)60(45-15-5-2-6-16-45)51-20-10-7-17-48(51)49-18-8-11-21-52(49)60/h1-37H. The fraction of sp³-hybridized carbons (Fsp3) is 0.0167. The maximum Gasteiger partial charge on any atom is 0.164 e. The Balaban J connectivity index is 0.891. The minimum Gasteiger partial charge on any atom is -0.208 e. The summed E-state index contributed by atoms with van der Waals surface area (Å²) >= 11 is 1.87. The molecule has 0 amide bonds. The van der Waals surface area contributed by atoms with Gasteiger partial charge in [-0.3, -0.25) is 0 Å². The lowest BCUT2D eigenvalue weighted by Gasteiger charge is -2.34. The van der Waals surface area contributed by atoms with Crippen LogP contribution in [0.1, 0.15) is 22.3 Å². The van der Waals surface area contributed by atoms with E-state index in [2.05, 4.69) is 206 Å². The highest BCUT2D eigenvalue weighted by Crippen LogP contribution is 2.56. The molecule has 2 aromatic heterocycles. The molecular formula is C60H37N3S. The smallest absolute Gasteiger partial charge is 0.164 e. The van der Waals surface area contributed by atoms with Crippen LogP contribution in [0.3, 0.4) is 0 Å².